The van der Waals surface area contributed by atoms with Crippen LogP contribution in [0.2, 0.25) is 0 Å². The molecule has 0 fully saturated rings. The van der Waals surface area contributed by atoms with E-state index >= 15 is 8.78 Å². The molecule has 1 N–H and O–H groups in total. The average molecular weight is 650 g/mol. The minimum atomic E-state index is -1.07. The lowest BCUT2D eigenvalue weighted by atomic mass is 10.0. The molecule has 43 heavy (non-hydrogen) atoms. The topological polar surface area (TPSA) is 95.7 Å². The van der Waals surface area contributed by atoms with Gasteiger partial charge in [-0.05, 0) is 64.7 Å². The van der Waals surface area contributed by atoms with E-state index < -0.39 is 17.6 Å². The Hall–Kier alpha value is -4.19. The van der Waals surface area contributed by atoms with Crippen LogP contribution < -0.4 is 4.74 Å². The Morgan fingerprint density at radius 1 is 1.02 bits per heavy atom. The second-order valence-corrected chi connectivity index (χ2v) is 10.9. The number of methoxy groups -OCH3 is 1. The average Bonchev–Trinajstić information content (AvgIpc) is 3.63. The number of rotatable bonds is 10. The first kappa shape index (κ1) is 28.9. The molecule has 1 aliphatic heterocycles. The van der Waals surface area contributed by atoms with Crippen LogP contribution in [0.25, 0.3) is 22.3 Å². The van der Waals surface area contributed by atoms with Gasteiger partial charge in [-0.25, -0.2) is 23.5 Å². The highest BCUT2D eigenvalue weighted by Crippen LogP contribution is 2.32. The summed E-state index contributed by atoms with van der Waals surface area (Å²) in [5.41, 5.74) is 4.72. The molecule has 0 radical (unpaired) electrons. The summed E-state index contributed by atoms with van der Waals surface area (Å²) in [5, 5.41) is 9.42. The quantitative estimate of drug-likeness (QED) is 0.180. The van der Waals surface area contributed by atoms with Crippen molar-refractivity contribution >= 4 is 32.9 Å². The van der Waals surface area contributed by atoms with E-state index in [2.05, 4.69) is 25.9 Å². The Labute approximate surface area is 254 Å². The number of ether oxygens (including phenoxy) is 3. The molecular formula is C32H26BrF2N3O5. The summed E-state index contributed by atoms with van der Waals surface area (Å²) in [6.07, 6.45) is -0.0123. The van der Waals surface area contributed by atoms with Crippen LogP contribution >= 0.6 is 15.9 Å². The van der Waals surface area contributed by atoms with Crippen molar-refractivity contribution in [1.29, 1.82) is 0 Å². The summed E-state index contributed by atoms with van der Waals surface area (Å²) in [5.74, 6) is -1.59. The maximum Gasteiger partial charge on any atom is 0.335 e. The Morgan fingerprint density at radius 3 is 2.67 bits per heavy atom. The highest BCUT2D eigenvalue weighted by Gasteiger charge is 2.20. The van der Waals surface area contributed by atoms with E-state index in [1.165, 1.54) is 12.1 Å². The van der Waals surface area contributed by atoms with Crippen molar-refractivity contribution < 1.29 is 32.9 Å². The first-order chi connectivity index (χ1) is 20.8. The molecule has 0 saturated carbocycles. The fraction of sp³-hybridized carbons (Fsp3) is 0.219. The van der Waals surface area contributed by atoms with Crippen LogP contribution in [0.1, 0.15) is 38.4 Å². The van der Waals surface area contributed by atoms with Crippen LogP contribution in [0.3, 0.4) is 0 Å². The molecule has 0 aliphatic carbocycles. The van der Waals surface area contributed by atoms with Crippen molar-refractivity contribution in [1.82, 2.24) is 14.5 Å². The molecular weight excluding hydrogens is 624 g/mol. The fourth-order valence-electron chi connectivity index (χ4n) is 5.20. The number of halogens is 3. The van der Waals surface area contributed by atoms with E-state index in [0.717, 1.165) is 33.3 Å². The largest absolute Gasteiger partial charge is 0.478 e. The van der Waals surface area contributed by atoms with Gasteiger partial charge in [-0.1, -0.05) is 28.1 Å². The number of imidazole rings is 1. The van der Waals surface area contributed by atoms with Crippen molar-refractivity contribution in [2.75, 3.05) is 13.7 Å². The van der Waals surface area contributed by atoms with Crippen LogP contribution in [-0.4, -0.2) is 39.3 Å². The smallest absolute Gasteiger partial charge is 0.335 e. The monoisotopic (exact) mass is 649 g/mol. The SMILES string of the molecule is COCCn1c(Cc2cc(F)c(-c3cccc(OCc4ccc(Br)c5c4COC5)n3)cc2F)nc2ccc(C(=O)O)cc21. The van der Waals surface area contributed by atoms with Gasteiger partial charge in [0.1, 0.15) is 24.1 Å². The van der Waals surface area contributed by atoms with Gasteiger partial charge in [-0.2, -0.15) is 0 Å². The van der Waals surface area contributed by atoms with Gasteiger partial charge < -0.3 is 23.9 Å². The van der Waals surface area contributed by atoms with Gasteiger partial charge >= 0.3 is 5.97 Å². The predicted octanol–water partition coefficient (Wildman–Crippen LogP) is 6.68. The Morgan fingerprint density at radius 2 is 1.86 bits per heavy atom. The van der Waals surface area contributed by atoms with Crippen molar-refractivity contribution in [2.45, 2.75) is 32.8 Å². The van der Waals surface area contributed by atoms with Crippen LogP contribution in [0, 0.1) is 11.6 Å². The molecule has 0 saturated heterocycles. The minimum Gasteiger partial charge on any atom is -0.478 e. The van der Waals surface area contributed by atoms with Gasteiger partial charge in [-0.15, -0.1) is 0 Å². The van der Waals surface area contributed by atoms with Gasteiger partial charge in [0.15, 0.2) is 0 Å². The summed E-state index contributed by atoms with van der Waals surface area (Å²) >= 11 is 3.55. The van der Waals surface area contributed by atoms with E-state index in [1.807, 2.05) is 12.1 Å². The van der Waals surface area contributed by atoms with Crippen LogP contribution in [0.4, 0.5) is 8.78 Å². The maximum atomic E-state index is 15.5. The maximum absolute atomic E-state index is 15.5. The Kier molecular flexibility index (Phi) is 8.20. The van der Waals surface area contributed by atoms with Crippen molar-refractivity contribution in [3.63, 3.8) is 0 Å². The van der Waals surface area contributed by atoms with Crippen LogP contribution in [0.5, 0.6) is 5.88 Å². The van der Waals surface area contributed by atoms with E-state index in [-0.39, 0.29) is 41.3 Å². The van der Waals surface area contributed by atoms with Gasteiger partial charge in [-0.3, -0.25) is 0 Å². The summed E-state index contributed by atoms with van der Waals surface area (Å²) in [7, 11) is 1.55. The zero-order valence-corrected chi connectivity index (χ0v) is 24.7. The third-order valence-electron chi connectivity index (χ3n) is 7.42. The number of hydrogen-bond acceptors (Lipinski definition) is 6. The molecule has 11 heteroatoms. The van der Waals surface area contributed by atoms with Gasteiger partial charge in [0.05, 0.1) is 42.1 Å². The minimum absolute atomic E-state index is 0.00335. The highest BCUT2D eigenvalue weighted by atomic mass is 79.9. The first-order valence-electron chi connectivity index (χ1n) is 13.5. The molecule has 220 valence electrons. The molecule has 0 amide bonds. The van der Waals surface area contributed by atoms with E-state index in [9.17, 15) is 9.90 Å². The number of aromatic carboxylic acids is 1. The van der Waals surface area contributed by atoms with Crippen molar-refractivity contribution in [2.24, 2.45) is 0 Å². The number of carboxylic acid groups (broad SMARTS) is 1. The molecule has 8 nitrogen and oxygen atoms in total. The number of fused-ring (bicyclic) bond motifs is 2. The fourth-order valence-corrected chi connectivity index (χ4v) is 5.68. The third-order valence-corrected chi connectivity index (χ3v) is 8.16. The lowest BCUT2D eigenvalue weighted by Gasteiger charge is -2.12. The van der Waals surface area contributed by atoms with Crippen molar-refractivity contribution in [3.05, 3.63) is 110 Å². The molecule has 1 aliphatic rings. The highest BCUT2D eigenvalue weighted by molar-refractivity contribution is 9.10. The molecule has 0 spiro atoms. The zero-order chi connectivity index (χ0) is 30.1. The number of carboxylic acids is 1. The van der Waals surface area contributed by atoms with Crippen LogP contribution in [-0.2, 0) is 42.3 Å². The van der Waals surface area contributed by atoms with Gasteiger partial charge in [0.2, 0.25) is 5.88 Å². The molecule has 2 aromatic heterocycles. The molecule has 5 aromatic rings. The standard InChI is InChI=1S/C32H26BrF2N3O5/c1-41-10-9-38-29-12-18(32(39)40)6-8-28(29)36-30(38)13-20-11-26(35)21(14-25(20)34)27-3-2-4-31(37-27)43-15-19-5-7-24(33)23-17-42-16-22(19)23/h2-8,11-12,14H,9-10,13,15-17H2,1H3,(H,39,40). The number of pyridine rings is 1. The second-order valence-electron chi connectivity index (χ2n) is 10.1. The van der Waals surface area contributed by atoms with E-state index in [0.29, 0.717) is 43.2 Å². The predicted molar refractivity (Wildman–Crippen MR) is 158 cm³/mol. The molecule has 3 aromatic carbocycles. The molecule has 0 atom stereocenters. The number of benzene rings is 3. The third kappa shape index (κ3) is 5.88. The Balaban J connectivity index is 1.25. The number of nitrogens with zero attached hydrogens (tertiary/aromatic N) is 3. The van der Waals surface area contributed by atoms with Gasteiger partial charge in [0.25, 0.3) is 0 Å². The molecule has 0 unspecified atom stereocenters. The number of hydrogen-bond donors (Lipinski definition) is 1. The van der Waals surface area contributed by atoms with Gasteiger partial charge in [0, 0.05) is 36.2 Å². The molecule has 6 rings (SSSR count). The van der Waals surface area contributed by atoms with E-state index in [4.69, 9.17) is 14.2 Å². The number of aromatic nitrogens is 3. The van der Waals surface area contributed by atoms with E-state index in [1.54, 1.807) is 35.9 Å². The number of carbonyl (C=O) groups is 1. The first-order valence-corrected chi connectivity index (χ1v) is 14.3. The summed E-state index contributed by atoms with van der Waals surface area (Å²) in [6.45, 7) is 1.98. The zero-order valence-electron chi connectivity index (χ0n) is 23.1. The summed E-state index contributed by atoms with van der Waals surface area (Å²) in [6, 6.07) is 15.7. The summed E-state index contributed by atoms with van der Waals surface area (Å²) < 4.78 is 50.4. The van der Waals surface area contributed by atoms with Crippen molar-refractivity contribution in [3.8, 4) is 17.1 Å². The second kappa shape index (κ2) is 12.2. The molecule has 0 bridgehead atoms. The van der Waals surface area contributed by atoms with Crippen LogP contribution in [0.15, 0.2) is 65.1 Å². The normalized spacial score (nSPS) is 12.6. The Bertz CT molecular complexity index is 1860. The lowest BCUT2D eigenvalue weighted by molar-refractivity contribution is 0.0697. The lowest BCUT2D eigenvalue weighted by Crippen LogP contribution is -2.10. The molecule has 3 heterocycles. The summed E-state index contributed by atoms with van der Waals surface area (Å²) in [4.78, 5) is 20.5.